The van der Waals surface area contributed by atoms with E-state index in [9.17, 15) is 4.79 Å². The summed E-state index contributed by atoms with van der Waals surface area (Å²) in [7, 11) is 1.42. The number of ether oxygens (including phenoxy) is 1. The molecule has 0 unspecified atom stereocenters. The average Bonchev–Trinajstić information content (AvgIpc) is 2.38. The van der Waals surface area contributed by atoms with E-state index >= 15 is 0 Å². The largest absolute Gasteiger partial charge is 0.469 e. The van der Waals surface area contributed by atoms with E-state index in [4.69, 9.17) is 5.26 Å². The molecule has 17 heavy (non-hydrogen) atoms. The molecule has 0 N–H and O–H groups in total. The minimum absolute atomic E-state index is 0.136. The molecular weight excluding hydrogens is 214 g/mol. The van der Waals surface area contributed by atoms with Crippen molar-refractivity contribution in [2.75, 3.05) is 7.11 Å². The van der Waals surface area contributed by atoms with E-state index < -0.39 is 0 Å². The van der Waals surface area contributed by atoms with E-state index in [1.54, 1.807) is 0 Å². The number of aryl methyl sites for hydroxylation is 1. The lowest BCUT2D eigenvalue weighted by Gasteiger charge is -2.02. The summed E-state index contributed by atoms with van der Waals surface area (Å²) in [6.07, 6.45) is 4.46. The lowest BCUT2D eigenvalue weighted by molar-refractivity contribution is -0.140. The first-order chi connectivity index (χ1) is 8.26. The van der Waals surface area contributed by atoms with Crippen molar-refractivity contribution < 1.29 is 9.53 Å². The highest BCUT2D eigenvalue weighted by Crippen LogP contribution is 2.09. The van der Waals surface area contributed by atoms with Crippen molar-refractivity contribution in [1.82, 2.24) is 0 Å². The second-order valence-electron chi connectivity index (χ2n) is 3.95. The summed E-state index contributed by atoms with van der Waals surface area (Å²) in [5.41, 5.74) is 1.93. The van der Waals surface area contributed by atoms with Crippen molar-refractivity contribution in [3.63, 3.8) is 0 Å². The summed E-state index contributed by atoms with van der Waals surface area (Å²) in [6, 6.07) is 9.74. The first-order valence-corrected chi connectivity index (χ1v) is 5.82. The fourth-order valence-electron chi connectivity index (χ4n) is 1.62. The Labute approximate surface area is 102 Å². The number of nitrogens with zero attached hydrogens (tertiary/aromatic N) is 1. The SMILES string of the molecule is COC(=O)CCCCCc1ccc(C#N)cc1. The Morgan fingerprint density at radius 2 is 1.94 bits per heavy atom. The van der Waals surface area contributed by atoms with Crippen molar-refractivity contribution >= 4 is 5.97 Å². The summed E-state index contributed by atoms with van der Waals surface area (Å²) in [5.74, 6) is -0.136. The molecule has 0 saturated carbocycles. The van der Waals surface area contributed by atoms with Gasteiger partial charge in [-0.15, -0.1) is 0 Å². The lowest BCUT2D eigenvalue weighted by atomic mass is 10.0. The van der Waals surface area contributed by atoms with Crippen LogP contribution >= 0.6 is 0 Å². The number of carbonyl (C=O) groups excluding carboxylic acids is 1. The highest BCUT2D eigenvalue weighted by Gasteiger charge is 1.99. The molecule has 1 aromatic rings. The Morgan fingerprint density at radius 3 is 2.53 bits per heavy atom. The standard InChI is InChI=1S/C14H17NO2/c1-17-14(16)6-4-2-3-5-12-7-9-13(11-15)10-8-12/h7-10H,2-6H2,1H3. The number of nitriles is 1. The van der Waals surface area contributed by atoms with Crippen LogP contribution in [0.2, 0.25) is 0 Å². The van der Waals surface area contributed by atoms with Gasteiger partial charge >= 0.3 is 5.97 Å². The van der Waals surface area contributed by atoms with Gasteiger partial charge in [-0.3, -0.25) is 4.79 Å². The van der Waals surface area contributed by atoms with Crippen LogP contribution in [0, 0.1) is 11.3 Å². The molecule has 3 nitrogen and oxygen atoms in total. The third-order valence-corrected chi connectivity index (χ3v) is 2.66. The van der Waals surface area contributed by atoms with Gasteiger partial charge in [0.15, 0.2) is 0 Å². The Balaban J connectivity index is 2.18. The summed E-state index contributed by atoms with van der Waals surface area (Å²) < 4.78 is 4.57. The molecule has 0 aliphatic carbocycles. The van der Waals surface area contributed by atoms with E-state index in [0.717, 1.165) is 25.7 Å². The second kappa shape index (κ2) is 7.45. The van der Waals surface area contributed by atoms with Crippen LogP contribution in [-0.4, -0.2) is 13.1 Å². The van der Waals surface area contributed by atoms with Gasteiger partial charge in [0.2, 0.25) is 0 Å². The van der Waals surface area contributed by atoms with Crippen molar-refractivity contribution in [1.29, 1.82) is 5.26 Å². The van der Waals surface area contributed by atoms with E-state index in [0.29, 0.717) is 12.0 Å². The zero-order valence-corrected chi connectivity index (χ0v) is 10.1. The van der Waals surface area contributed by atoms with Crippen LogP contribution in [0.25, 0.3) is 0 Å². The van der Waals surface area contributed by atoms with Gasteiger partial charge in [-0.05, 0) is 37.0 Å². The highest BCUT2D eigenvalue weighted by molar-refractivity contribution is 5.68. The van der Waals surface area contributed by atoms with Gasteiger partial charge in [0.05, 0.1) is 18.7 Å². The molecule has 0 fully saturated rings. The summed E-state index contributed by atoms with van der Waals surface area (Å²) in [5, 5.41) is 8.66. The maximum atomic E-state index is 10.9. The first kappa shape index (κ1) is 13.2. The minimum Gasteiger partial charge on any atom is -0.469 e. The number of unbranched alkanes of at least 4 members (excludes halogenated alkanes) is 2. The fourth-order valence-corrected chi connectivity index (χ4v) is 1.62. The topological polar surface area (TPSA) is 50.1 Å². The first-order valence-electron chi connectivity index (χ1n) is 5.82. The predicted octanol–water partition coefficient (Wildman–Crippen LogP) is 2.83. The second-order valence-corrected chi connectivity index (χ2v) is 3.95. The number of methoxy groups -OCH3 is 1. The molecule has 0 aromatic heterocycles. The molecule has 1 rings (SSSR count). The molecule has 0 spiro atoms. The van der Waals surface area contributed by atoms with Crippen molar-refractivity contribution in [3.05, 3.63) is 35.4 Å². The molecule has 0 aliphatic rings. The van der Waals surface area contributed by atoms with E-state index in [1.807, 2.05) is 24.3 Å². The van der Waals surface area contributed by atoms with Gasteiger partial charge in [-0.1, -0.05) is 18.6 Å². The number of hydrogen-bond acceptors (Lipinski definition) is 3. The maximum absolute atomic E-state index is 10.9. The average molecular weight is 231 g/mol. The van der Waals surface area contributed by atoms with Gasteiger partial charge in [0, 0.05) is 6.42 Å². The highest BCUT2D eigenvalue weighted by atomic mass is 16.5. The number of rotatable bonds is 6. The fraction of sp³-hybridized carbons (Fsp3) is 0.429. The zero-order chi connectivity index (χ0) is 12.5. The molecule has 0 aliphatic heterocycles. The molecule has 0 radical (unpaired) electrons. The van der Waals surface area contributed by atoms with Gasteiger partial charge in [0.1, 0.15) is 0 Å². The van der Waals surface area contributed by atoms with Gasteiger partial charge in [0.25, 0.3) is 0 Å². The molecule has 0 bridgehead atoms. The van der Waals surface area contributed by atoms with Gasteiger partial charge in [-0.25, -0.2) is 0 Å². The quantitative estimate of drug-likeness (QED) is 0.558. The van der Waals surface area contributed by atoms with Crippen molar-refractivity contribution in [3.8, 4) is 6.07 Å². The summed E-state index contributed by atoms with van der Waals surface area (Å²) >= 11 is 0. The Hall–Kier alpha value is -1.82. The van der Waals surface area contributed by atoms with E-state index in [1.165, 1.54) is 12.7 Å². The Bertz CT molecular complexity index is 390. The minimum atomic E-state index is -0.136. The van der Waals surface area contributed by atoms with Crippen molar-refractivity contribution in [2.24, 2.45) is 0 Å². The number of esters is 1. The number of benzene rings is 1. The third kappa shape index (κ3) is 5.17. The van der Waals surface area contributed by atoms with Crippen LogP contribution in [-0.2, 0) is 16.0 Å². The number of carbonyl (C=O) groups is 1. The van der Waals surface area contributed by atoms with Gasteiger partial charge < -0.3 is 4.74 Å². The van der Waals surface area contributed by atoms with Crippen LogP contribution in [0.15, 0.2) is 24.3 Å². The van der Waals surface area contributed by atoms with Gasteiger partial charge in [-0.2, -0.15) is 5.26 Å². The molecular formula is C14H17NO2. The molecule has 0 saturated heterocycles. The van der Waals surface area contributed by atoms with Crippen molar-refractivity contribution in [2.45, 2.75) is 32.1 Å². The number of hydrogen-bond donors (Lipinski definition) is 0. The molecule has 3 heteroatoms. The van der Waals surface area contributed by atoms with Crippen LogP contribution in [0.1, 0.15) is 36.8 Å². The van der Waals surface area contributed by atoms with Crippen LogP contribution in [0.5, 0.6) is 0 Å². The normalized spacial score (nSPS) is 9.65. The lowest BCUT2D eigenvalue weighted by Crippen LogP contribution is -1.99. The smallest absolute Gasteiger partial charge is 0.305 e. The van der Waals surface area contributed by atoms with Crippen LogP contribution in [0.3, 0.4) is 0 Å². The predicted molar refractivity (Wildman–Crippen MR) is 65.3 cm³/mol. The molecule has 90 valence electrons. The summed E-state index contributed by atoms with van der Waals surface area (Å²) in [6.45, 7) is 0. The third-order valence-electron chi connectivity index (χ3n) is 2.66. The van der Waals surface area contributed by atoms with E-state index in [2.05, 4.69) is 10.8 Å². The molecule has 0 amide bonds. The van der Waals surface area contributed by atoms with Crippen LogP contribution in [0.4, 0.5) is 0 Å². The molecule has 1 aromatic carbocycles. The molecule has 0 atom stereocenters. The van der Waals surface area contributed by atoms with Crippen LogP contribution < -0.4 is 0 Å². The summed E-state index contributed by atoms with van der Waals surface area (Å²) in [4.78, 5) is 10.9. The molecule has 0 heterocycles. The monoisotopic (exact) mass is 231 g/mol. The Kier molecular flexibility index (Phi) is 5.81. The maximum Gasteiger partial charge on any atom is 0.305 e. The van der Waals surface area contributed by atoms with E-state index in [-0.39, 0.29) is 5.97 Å². The zero-order valence-electron chi connectivity index (χ0n) is 10.1. The Morgan fingerprint density at radius 1 is 1.24 bits per heavy atom.